The lowest BCUT2D eigenvalue weighted by molar-refractivity contribution is 0.371. The highest BCUT2D eigenvalue weighted by molar-refractivity contribution is 7.12. The summed E-state index contributed by atoms with van der Waals surface area (Å²) in [6, 6.07) is 4.04. The van der Waals surface area contributed by atoms with Crippen LogP contribution in [-0.4, -0.2) is 6.17 Å². The first kappa shape index (κ1) is 9.47. The molecule has 0 spiro atoms. The van der Waals surface area contributed by atoms with Gasteiger partial charge in [-0.05, 0) is 25.5 Å². The summed E-state index contributed by atoms with van der Waals surface area (Å²) < 4.78 is 13.0. The van der Waals surface area contributed by atoms with Gasteiger partial charge in [0.25, 0.3) is 0 Å². The van der Waals surface area contributed by atoms with Gasteiger partial charge in [0.2, 0.25) is 0 Å². The first-order valence-electron chi connectivity index (χ1n) is 4.38. The van der Waals surface area contributed by atoms with Crippen molar-refractivity contribution < 1.29 is 4.39 Å². The van der Waals surface area contributed by atoms with Gasteiger partial charge in [0, 0.05) is 15.2 Å². The SMILES string of the molecule is Cc1ccc(C(Cl)C2(C)CC2F)s1. The summed E-state index contributed by atoms with van der Waals surface area (Å²) in [4.78, 5) is 2.34. The van der Waals surface area contributed by atoms with E-state index >= 15 is 0 Å². The fourth-order valence-corrected chi connectivity index (χ4v) is 2.95. The topological polar surface area (TPSA) is 0 Å². The van der Waals surface area contributed by atoms with Crippen molar-refractivity contribution in [3.8, 4) is 0 Å². The number of rotatable bonds is 2. The smallest absolute Gasteiger partial charge is 0.108 e. The summed E-state index contributed by atoms with van der Waals surface area (Å²) in [5.41, 5.74) is -0.307. The van der Waals surface area contributed by atoms with E-state index in [4.69, 9.17) is 11.6 Å². The third kappa shape index (κ3) is 1.50. The fourth-order valence-electron chi connectivity index (χ4n) is 1.50. The van der Waals surface area contributed by atoms with Crippen molar-refractivity contribution in [2.75, 3.05) is 0 Å². The van der Waals surface area contributed by atoms with E-state index in [0.717, 1.165) is 4.88 Å². The van der Waals surface area contributed by atoms with Gasteiger partial charge in [-0.15, -0.1) is 22.9 Å². The van der Waals surface area contributed by atoms with E-state index in [9.17, 15) is 4.39 Å². The Balaban J connectivity index is 2.18. The van der Waals surface area contributed by atoms with E-state index in [1.54, 1.807) is 11.3 Å². The predicted molar refractivity (Wildman–Crippen MR) is 55.3 cm³/mol. The van der Waals surface area contributed by atoms with Gasteiger partial charge < -0.3 is 0 Å². The van der Waals surface area contributed by atoms with E-state index in [0.29, 0.717) is 6.42 Å². The van der Waals surface area contributed by atoms with Gasteiger partial charge in [0.05, 0.1) is 5.38 Å². The standard InChI is InChI=1S/C10H12ClFS/c1-6-3-4-7(13-6)9(11)10(2)5-8(10)12/h3-4,8-9H,5H2,1-2H3. The number of hydrogen-bond acceptors (Lipinski definition) is 1. The molecule has 3 heteroatoms. The lowest BCUT2D eigenvalue weighted by Crippen LogP contribution is -2.06. The van der Waals surface area contributed by atoms with E-state index < -0.39 is 6.17 Å². The molecule has 0 aliphatic heterocycles. The summed E-state index contributed by atoms with van der Waals surface area (Å²) in [5, 5.41) is -0.152. The Bertz CT molecular complexity index is 322. The van der Waals surface area contributed by atoms with Crippen LogP contribution in [0.3, 0.4) is 0 Å². The number of aryl methyl sites for hydroxylation is 1. The van der Waals surface area contributed by atoms with Crippen LogP contribution in [0.5, 0.6) is 0 Å². The van der Waals surface area contributed by atoms with Crippen molar-refractivity contribution in [1.29, 1.82) is 0 Å². The lowest BCUT2D eigenvalue weighted by atomic mass is 10.0. The summed E-state index contributed by atoms with van der Waals surface area (Å²) in [7, 11) is 0. The van der Waals surface area contributed by atoms with Crippen LogP contribution in [-0.2, 0) is 0 Å². The van der Waals surface area contributed by atoms with Crippen molar-refractivity contribution in [2.45, 2.75) is 31.8 Å². The van der Waals surface area contributed by atoms with Gasteiger partial charge in [-0.3, -0.25) is 0 Å². The third-order valence-corrected chi connectivity index (χ3v) is 4.69. The van der Waals surface area contributed by atoms with E-state index in [2.05, 4.69) is 0 Å². The van der Waals surface area contributed by atoms with Crippen LogP contribution >= 0.6 is 22.9 Å². The Kier molecular flexibility index (Phi) is 2.16. The van der Waals surface area contributed by atoms with Crippen molar-refractivity contribution in [3.63, 3.8) is 0 Å². The number of thiophene rings is 1. The van der Waals surface area contributed by atoms with E-state index in [1.165, 1.54) is 4.88 Å². The zero-order valence-electron chi connectivity index (χ0n) is 7.68. The zero-order valence-corrected chi connectivity index (χ0v) is 9.25. The van der Waals surface area contributed by atoms with Crippen LogP contribution in [0.15, 0.2) is 12.1 Å². The molecule has 3 atom stereocenters. The van der Waals surface area contributed by atoms with Gasteiger partial charge in [-0.25, -0.2) is 4.39 Å². The van der Waals surface area contributed by atoms with Gasteiger partial charge >= 0.3 is 0 Å². The Labute approximate surface area is 86.7 Å². The highest BCUT2D eigenvalue weighted by atomic mass is 35.5. The minimum atomic E-state index is -0.711. The van der Waals surface area contributed by atoms with Crippen molar-refractivity contribution in [2.24, 2.45) is 5.41 Å². The Morgan fingerprint density at radius 3 is 2.69 bits per heavy atom. The molecule has 72 valence electrons. The van der Waals surface area contributed by atoms with Crippen molar-refractivity contribution in [1.82, 2.24) is 0 Å². The molecular formula is C10H12ClFS. The molecule has 0 aromatic carbocycles. The van der Waals surface area contributed by atoms with Gasteiger partial charge in [-0.2, -0.15) is 0 Å². The second kappa shape index (κ2) is 2.96. The van der Waals surface area contributed by atoms with Gasteiger partial charge in [0.15, 0.2) is 0 Å². The predicted octanol–water partition coefficient (Wildman–Crippen LogP) is 4.08. The second-order valence-electron chi connectivity index (χ2n) is 3.99. The molecule has 1 saturated carbocycles. The molecule has 0 nitrogen and oxygen atoms in total. The molecule has 0 N–H and O–H groups in total. The molecule has 1 aromatic rings. The maximum atomic E-state index is 13.0. The van der Waals surface area contributed by atoms with Crippen LogP contribution in [0.25, 0.3) is 0 Å². The maximum Gasteiger partial charge on any atom is 0.108 e. The van der Waals surface area contributed by atoms with Crippen LogP contribution < -0.4 is 0 Å². The number of alkyl halides is 2. The third-order valence-electron chi connectivity index (χ3n) is 2.76. The minimum Gasteiger partial charge on any atom is -0.247 e. The molecular weight excluding hydrogens is 207 g/mol. The second-order valence-corrected chi connectivity index (χ2v) is 5.74. The van der Waals surface area contributed by atoms with Gasteiger partial charge in [0.1, 0.15) is 6.17 Å². The fraction of sp³-hybridized carbons (Fsp3) is 0.600. The Morgan fingerprint density at radius 2 is 2.31 bits per heavy atom. The molecule has 1 fully saturated rings. The molecule has 13 heavy (non-hydrogen) atoms. The van der Waals surface area contributed by atoms with Crippen LogP contribution in [0.2, 0.25) is 0 Å². The summed E-state index contributed by atoms with van der Waals surface area (Å²) in [6.45, 7) is 3.96. The average molecular weight is 219 g/mol. The molecule has 3 unspecified atom stereocenters. The van der Waals surface area contributed by atoms with Crippen molar-refractivity contribution in [3.05, 3.63) is 21.9 Å². The van der Waals surface area contributed by atoms with E-state index in [1.807, 2.05) is 26.0 Å². The normalized spacial score (nSPS) is 34.6. The maximum absolute atomic E-state index is 13.0. The largest absolute Gasteiger partial charge is 0.247 e. The molecule has 0 bridgehead atoms. The lowest BCUT2D eigenvalue weighted by Gasteiger charge is -2.14. The minimum absolute atomic E-state index is 0.152. The van der Waals surface area contributed by atoms with E-state index in [-0.39, 0.29) is 10.8 Å². The Hall–Kier alpha value is -0.0800. The number of halogens is 2. The Morgan fingerprint density at radius 1 is 1.69 bits per heavy atom. The average Bonchev–Trinajstić information content (AvgIpc) is 2.51. The molecule has 2 rings (SSSR count). The zero-order chi connectivity index (χ0) is 9.64. The first-order valence-corrected chi connectivity index (χ1v) is 5.64. The summed E-state index contributed by atoms with van der Waals surface area (Å²) in [6.07, 6.45) is -0.101. The molecule has 1 heterocycles. The highest BCUT2D eigenvalue weighted by Gasteiger charge is 2.56. The van der Waals surface area contributed by atoms with Crippen LogP contribution in [0.1, 0.15) is 28.5 Å². The molecule has 1 aliphatic carbocycles. The highest BCUT2D eigenvalue weighted by Crippen LogP contribution is 2.60. The summed E-state index contributed by atoms with van der Waals surface area (Å²) in [5.74, 6) is 0. The number of hydrogen-bond donors (Lipinski definition) is 0. The van der Waals surface area contributed by atoms with Crippen LogP contribution in [0, 0.1) is 12.3 Å². The molecule has 0 radical (unpaired) electrons. The molecule has 0 saturated heterocycles. The van der Waals surface area contributed by atoms with Crippen molar-refractivity contribution >= 4 is 22.9 Å². The van der Waals surface area contributed by atoms with Crippen LogP contribution in [0.4, 0.5) is 4.39 Å². The monoisotopic (exact) mass is 218 g/mol. The molecule has 1 aromatic heterocycles. The first-order chi connectivity index (χ1) is 6.04. The molecule has 0 amide bonds. The quantitative estimate of drug-likeness (QED) is 0.656. The van der Waals surface area contributed by atoms with Gasteiger partial charge in [-0.1, -0.05) is 6.92 Å². The summed E-state index contributed by atoms with van der Waals surface area (Å²) >= 11 is 7.89. The molecule has 1 aliphatic rings.